The first-order chi connectivity index (χ1) is 7.16. The Balaban J connectivity index is 2.79. The Morgan fingerprint density at radius 2 is 1.12 bits per heavy atom. The molecule has 0 heterocycles. The summed E-state index contributed by atoms with van der Waals surface area (Å²) in [6.45, 7) is 13.5. The summed E-state index contributed by atoms with van der Waals surface area (Å²) in [5, 5.41) is 0. The Hall–Kier alpha value is -0.0800. The molecule has 0 aliphatic heterocycles. The Morgan fingerprint density at radius 3 is 1.44 bits per heavy atom. The van der Waals surface area contributed by atoms with Crippen LogP contribution in [0.5, 0.6) is 0 Å². The Morgan fingerprint density at radius 1 is 0.750 bits per heavy atom. The molecule has 0 N–H and O–H groups in total. The van der Waals surface area contributed by atoms with Crippen molar-refractivity contribution in [3.05, 3.63) is 24.3 Å². The number of hydrogen-bond donors (Lipinski definition) is 0. The minimum absolute atomic E-state index is 0.283. The molecular formula is C14H22S2. The first kappa shape index (κ1) is 14.0. The van der Waals surface area contributed by atoms with Crippen molar-refractivity contribution in [2.24, 2.45) is 0 Å². The summed E-state index contributed by atoms with van der Waals surface area (Å²) in [5.41, 5.74) is 0. The lowest BCUT2D eigenvalue weighted by molar-refractivity contribution is 0.800. The molecule has 0 saturated heterocycles. The molecule has 0 nitrogen and oxygen atoms in total. The molecule has 2 heteroatoms. The van der Waals surface area contributed by atoms with E-state index in [4.69, 9.17) is 0 Å². The van der Waals surface area contributed by atoms with Crippen molar-refractivity contribution in [3.63, 3.8) is 0 Å². The molecule has 1 rings (SSSR count). The van der Waals surface area contributed by atoms with Crippen LogP contribution < -0.4 is 0 Å². The summed E-state index contributed by atoms with van der Waals surface area (Å²) in [5.74, 6) is 0. The monoisotopic (exact) mass is 254 g/mol. The lowest BCUT2D eigenvalue weighted by atomic mass is 10.3. The minimum Gasteiger partial charge on any atom is -0.120 e. The second-order valence-electron chi connectivity index (χ2n) is 5.90. The van der Waals surface area contributed by atoms with E-state index < -0.39 is 0 Å². The molecule has 0 spiro atoms. The van der Waals surface area contributed by atoms with Crippen molar-refractivity contribution >= 4 is 23.5 Å². The lowest BCUT2D eigenvalue weighted by Crippen LogP contribution is -2.07. The number of benzene rings is 1. The van der Waals surface area contributed by atoms with Crippen LogP contribution in [0.1, 0.15) is 41.5 Å². The highest BCUT2D eigenvalue weighted by molar-refractivity contribution is 8.01. The summed E-state index contributed by atoms with van der Waals surface area (Å²) < 4.78 is 0.566. The van der Waals surface area contributed by atoms with Crippen LogP contribution >= 0.6 is 23.5 Å². The fourth-order valence-electron chi connectivity index (χ4n) is 1.31. The highest BCUT2D eigenvalue weighted by Gasteiger charge is 2.15. The van der Waals surface area contributed by atoms with Crippen LogP contribution in [0.3, 0.4) is 0 Å². The van der Waals surface area contributed by atoms with Gasteiger partial charge >= 0.3 is 0 Å². The normalized spacial score (nSPS) is 12.9. The van der Waals surface area contributed by atoms with E-state index in [9.17, 15) is 0 Å². The van der Waals surface area contributed by atoms with E-state index in [2.05, 4.69) is 65.8 Å². The second kappa shape index (κ2) is 5.05. The Labute approximate surface area is 109 Å². The fraction of sp³-hybridized carbons (Fsp3) is 0.571. The summed E-state index contributed by atoms with van der Waals surface area (Å²) in [4.78, 5) is 2.73. The maximum atomic E-state index is 2.30. The molecule has 0 saturated carbocycles. The van der Waals surface area contributed by atoms with Gasteiger partial charge in [0.25, 0.3) is 0 Å². The van der Waals surface area contributed by atoms with Crippen LogP contribution in [0, 0.1) is 0 Å². The average Bonchev–Trinajstić information content (AvgIpc) is 1.96. The van der Waals surface area contributed by atoms with Crippen LogP contribution in [0.15, 0.2) is 34.1 Å². The SMILES string of the molecule is CC(C)(C)Sc1cccc(SC(C)(C)C)c1. The zero-order chi connectivity index (χ0) is 12.4. The largest absolute Gasteiger partial charge is 0.120 e. The number of rotatable bonds is 2. The molecule has 0 aliphatic carbocycles. The van der Waals surface area contributed by atoms with Gasteiger partial charge in [-0.25, -0.2) is 0 Å². The predicted molar refractivity (Wildman–Crippen MR) is 77.7 cm³/mol. The lowest BCUT2D eigenvalue weighted by Gasteiger charge is -2.20. The molecule has 0 unspecified atom stereocenters. The van der Waals surface area contributed by atoms with Gasteiger partial charge in [0.15, 0.2) is 0 Å². The van der Waals surface area contributed by atoms with Crippen molar-refractivity contribution in [1.82, 2.24) is 0 Å². The van der Waals surface area contributed by atoms with Gasteiger partial charge in [-0.2, -0.15) is 0 Å². The van der Waals surface area contributed by atoms with Crippen molar-refractivity contribution in [1.29, 1.82) is 0 Å². The molecule has 16 heavy (non-hydrogen) atoms. The molecule has 1 aromatic rings. The van der Waals surface area contributed by atoms with Gasteiger partial charge in [-0.15, -0.1) is 23.5 Å². The predicted octanol–water partition coefficient (Wildman–Crippen LogP) is 5.47. The number of thioether (sulfide) groups is 2. The average molecular weight is 254 g/mol. The number of hydrogen-bond acceptors (Lipinski definition) is 2. The molecule has 0 fully saturated rings. The molecular weight excluding hydrogens is 232 g/mol. The molecule has 0 amide bonds. The smallest absolute Gasteiger partial charge is 0.0122 e. The maximum Gasteiger partial charge on any atom is 0.0122 e. The zero-order valence-corrected chi connectivity index (χ0v) is 12.8. The minimum atomic E-state index is 0.283. The van der Waals surface area contributed by atoms with Gasteiger partial charge in [0.1, 0.15) is 0 Å². The Bertz CT molecular complexity index is 311. The van der Waals surface area contributed by atoms with E-state index in [1.807, 2.05) is 23.5 Å². The van der Waals surface area contributed by atoms with Gasteiger partial charge in [-0.05, 0) is 18.2 Å². The molecule has 0 atom stereocenters. The highest BCUT2D eigenvalue weighted by atomic mass is 32.2. The summed E-state index contributed by atoms with van der Waals surface area (Å²) in [6.07, 6.45) is 0. The molecule has 0 radical (unpaired) electrons. The molecule has 1 aromatic carbocycles. The van der Waals surface area contributed by atoms with E-state index in [1.54, 1.807) is 0 Å². The first-order valence-electron chi connectivity index (χ1n) is 5.64. The van der Waals surface area contributed by atoms with Crippen molar-refractivity contribution in [3.8, 4) is 0 Å². The third-order valence-corrected chi connectivity index (χ3v) is 3.86. The third-order valence-electron chi connectivity index (χ3n) is 1.65. The van der Waals surface area contributed by atoms with Gasteiger partial charge in [0.2, 0.25) is 0 Å². The zero-order valence-electron chi connectivity index (χ0n) is 11.1. The van der Waals surface area contributed by atoms with Gasteiger partial charge in [-0.1, -0.05) is 47.6 Å². The van der Waals surface area contributed by atoms with Crippen molar-refractivity contribution in [2.75, 3.05) is 0 Å². The first-order valence-corrected chi connectivity index (χ1v) is 7.27. The van der Waals surface area contributed by atoms with E-state index in [1.165, 1.54) is 9.79 Å². The topological polar surface area (TPSA) is 0 Å². The quantitative estimate of drug-likeness (QED) is 0.642. The van der Waals surface area contributed by atoms with Crippen LogP contribution in [0.4, 0.5) is 0 Å². The van der Waals surface area contributed by atoms with E-state index >= 15 is 0 Å². The van der Waals surface area contributed by atoms with E-state index in [0.717, 1.165) is 0 Å². The van der Waals surface area contributed by atoms with Crippen LogP contribution in [0.25, 0.3) is 0 Å². The molecule has 0 bridgehead atoms. The summed E-state index contributed by atoms with van der Waals surface area (Å²) >= 11 is 3.86. The van der Waals surface area contributed by atoms with Gasteiger partial charge in [0.05, 0.1) is 0 Å². The maximum absolute atomic E-state index is 2.30. The van der Waals surface area contributed by atoms with Crippen molar-refractivity contribution in [2.45, 2.75) is 60.8 Å². The van der Waals surface area contributed by atoms with E-state index in [-0.39, 0.29) is 9.49 Å². The third kappa shape index (κ3) is 5.86. The standard InChI is InChI=1S/C14H22S2/c1-13(2,3)15-11-8-7-9-12(10-11)16-14(4,5)6/h7-10H,1-6H3. The van der Waals surface area contributed by atoms with Gasteiger partial charge in [-0.3, -0.25) is 0 Å². The summed E-state index contributed by atoms with van der Waals surface area (Å²) in [7, 11) is 0. The Kier molecular flexibility index (Phi) is 4.42. The second-order valence-corrected chi connectivity index (χ2v) is 9.70. The van der Waals surface area contributed by atoms with Crippen LogP contribution in [-0.2, 0) is 0 Å². The van der Waals surface area contributed by atoms with Crippen LogP contribution in [-0.4, -0.2) is 9.49 Å². The fourth-order valence-corrected chi connectivity index (χ4v) is 3.46. The summed E-state index contributed by atoms with van der Waals surface area (Å²) in [6, 6.07) is 8.85. The molecule has 90 valence electrons. The van der Waals surface area contributed by atoms with Crippen LogP contribution in [0.2, 0.25) is 0 Å². The highest BCUT2D eigenvalue weighted by Crippen LogP contribution is 2.37. The molecule has 0 aromatic heterocycles. The van der Waals surface area contributed by atoms with Gasteiger partial charge in [0, 0.05) is 19.3 Å². The van der Waals surface area contributed by atoms with Crippen molar-refractivity contribution < 1.29 is 0 Å². The van der Waals surface area contributed by atoms with E-state index in [0.29, 0.717) is 0 Å². The van der Waals surface area contributed by atoms with Gasteiger partial charge < -0.3 is 0 Å². The molecule has 0 aliphatic rings.